The second-order valence-corrected chi connectivity index (χ2v) is 3.94. The van der Waals surface area contributed by atoms with Crippen molar-refractivity contribution < 1.29 is 4.57 Å². The van der Waals surface area contributed by atoms with Gasteiger partial charge in [0.2, 0.25) is 3.70 Å². The van der Waals surface area contributed by atoms with E-state index in [2.05, 4.69) is 43.2 Å². The Morgan fingerprint density at radius 3 is 2.93 bits per heavy atom. The number of nitrogens with zero attached hydrogens (tertiary/aromatic N) is 3. The minimum atomic E-state index is 0.959. The molecule has 0 unspecified atom stereocenters. The third kappa shape index (κ3) is 1.75. The SMILES string of the molecule is C[n+]1cccc(-c2ccncn2)c1I. The molecular weight excluding hydrogens is 289 g/mol. The summed E-state index contributed by atoms with van der Waals surface area (Å²) in [5, 5.41) is 0. The second-order valence-electron chi connectivity index (χ2n) is 2.92. The zero-order valence-electron chi connectivity index (χ0n) is 7.68. The second kappa shape index (κ2) is 4.00. The molecule has 0 aliphatic carbocycles. The summed E-state index contributed by atoms with van der Waals surface area (Å²) in [4.78, 5) is 8.12. The summed E-state index contributed by atoms with van der Waals surface area (Å²) in [6.45, 7) is 0. The number of halogens is 1. The maximum atomic E-state index is 4.22. The topological polar surface area (TPSA) is 29.7 Å². The van der Waals surface area contributed by atoms with Gasteiger partial charge in [-0.15, -0.1) is 0 Å². The molecule has 0 bridgehead atoms. The fourth-order valence-electron chi connectivity index (χ4n) is 1.23. The maximum Gasteiger partial charge on any atom is 0.250 e. The molecule has 3 nitrogen and oxygen atoms in total. The first-order chi connectivity index (χ1) is 6.79. The van der Waals surface area contributed by atoms with Crippen LogP contribution >= 0.6 is 22.6 Å². The van der Waals surface area contributed by atoms with Crippen molar-refractivity contribution >= 4 is 22.6 Å². The minimum absolute atomic E-state index is 0.959. The van der Waals surface area contributed by atoms with E-state index in [-0.39, 0.29) is 0 Å². The summed E-state index contributed by atoms with van der Waals surface area (Å²) in [6.07, 6.45) is 5.34. The van der Waals surface area contributed by atoms with Gasteiger partial charge in [0.25, 0.3) is 0 Å². The van der Waals surface area contributed by atoms with E-state index in [0.717, 1.165) is 11.3 Å². The predicted molar refractivity (Wildman–Crippen MR) is 61.4 cm³/mol. The minimum Gasteiger partial charge on any atom is -0.245 e. The molecule has 70 valence electrons. The van der Waals surface area contributed by atoms with Gasteiger partial charge >= 0.3 is 0 Å². The zero-order valence-corrected chi connectivity index (χ0v) is 9.84. The van der Waals surface area contributed by atoms with Crippen molar-refractivity contribution in [1.82, 2.24) is 9.97 Å². The highest BCUT2D eigenvalue weighted by molar-refractivity contribution is 14.1. The van der Waals surface area contributed by atoms with E-state index in [4.69, 9.17) is 0 Å². The first kappa shape index (κ1) is 9.51. The van der Waals surface area contributed by atoms with Crippen molar-refractivity contribution in [2.45, 2.75) is 0 Å². The fraction of sp³-hybridized carbons (Fsp3) is 0.100. The Morgan fingerprint density at radius 1 is 1.36 bits per heavy atom. The molecule has 4 heteroatoms. The molecule has 0 spiro atoms. The number of hydrogen-bond acceptors (Lipinski definition) is 2. The molecule has 14 heavy (non-hydrogen) atoms. The first-order valence-electron chi connectivity index (χ1n) is 4.19. The first-order valence-corrected chi connectivity index (χ1v) is 5.27. The number of aryl methyl sites for hydroxylation is 1. The van der Waals surface area contributed by atoms with Gasteiger partial charge < -0.3 is 0 Å². The molecule has 0 aliphatic rings. The van der Waals surface area contributed by atoms with Gasteiger partial charge in [0.15, 0.2) is 6.20 Å². The van der Waals surface area contributed by atoms with Crippen LogP contribution in [-0.2, 0) is 7.05 Å². The Morgan fingerprint density at radius 2 is 2.21 bits per heavy atom. The van der Waals surface area contributed by atoms with Gasteiger partial charge in [0, 0.05) is 34.9 Å². The summed E-state index contributed by atoms with van der Waals surface area (Å²) >= 11 is 2.31. The molecule has 0 radical (unpaired) electrons. The molecule has 2 aromatic heterocycles. The van der Waals surface area contributed by atoms with E-state index < -0.39 is 0 Å². The predicted octanol–water partition coefficient (Wildman–Crippen LogP) is 1.57. The average Bonchev–Trinajstić information content (AvgIpc) is 2.23. The average molecular weight is 298 g/mol. The quantitative estimate of drug-likeness (QED) is 0.454. The van der Waals surface area contributed by atoms with E-state index in [1.165, 1.54) is 3.70 Å². The molecule has 0 atom stereocenters. The van der Waals surface area contributed by atoms with Crippen LogP contribution in [0.1, 0.15) is 0 Å². The molecule has 0 aliphatic heterocycles. The van der Waals surface area contributed by atoms with Crippen LogP contribution in [0.25, 0.3) is 11.3 Å². The van der Waals surface area contributed by atoms with Crippen molar-refractivity contribution in [2.24, 2.45) is 7.05 Å². The van der Waals surface area contributed by atoms with Crippen molar-refractivity contribution in [3.63, 3.8) is 0 Å². The number of rotatable bonds is 1. The van der Waals surface area contributed by atoms with E-state index >= 15 is 0 Å². The van der Waals surface area contributed by atoms with Gasteiger partial charge in [0.1, 0.15) is 13.4 Å². The summed E-state index contributed by atoms with van der Waals surface area (Å²) in [5.74, 6) is 0. The highest BCUT2D eigenvalue weighted by Gasteiger charge is 2.11. The van der Waals surface area contributed by atoms with Crippen LogP contribution in [0.4, 0.5) is 0 Å². The van der Waals surface area contributed by atoms with Crippen LogP contribution in [0, 0.1) is 3.70 Å². The third-order valence-corrected chi connectivity index (χ3v) is 3.30. The molecule has 0 aromatic carbocycles. The third-order valence-electron chi connectivity index (χ3n) is 1.96. The molecule has 0 saturated heterocycles. The molecular formula is C10H9IN3+. The van der Waals surface area contributed by atoms with Crippen molar-refractivity contribution in [3.8, 4) is 11.3 Å². The molecule has 2 heterocycles. The highest BCUT2D eigenvalue weighted by atomic mass is 127. The van der Waals surface area contributed by atoms with Crippen LogP contribution in [0.15, 0.2) is 36.9 Å². The number of pyridine rings is 1. The van der Waals surface area contributed by atoms with Crippen molar-refractivity contribution in [2.75, 3.05) is 0 Å². The summed E-state index contributed by atoms with van der Waals surface area (Å²) in [7, 11) is 2.02. The Balaban J connectivity index is 2.58. The Kier molecular flexibility index (Phi) is 2.72. The Labute approximate surface area is 96.0 Å². The van der Waals surface area contributed by atoms with Crippen LogP contribution in [0.3, 0.4) is 0 Å². The van der Waals surface area contributed by atoms with E-state index in [9.17, 15) is 0 Å². The Bertz CT molecular complexity index is 442. The van der Waals surface area contributed by atoms with Crippen molar-refractivity contribution in [1.29, 1.82) is 0 Å². The van der Waals surface area contributed by atoms with Crippen LogP contribution in [0.5, 0.6) is 0 Å². The van der Waals surface area contributed by atoms with E-state index in [0.29, 0.717) is 0 Å². The van der Waals surface area contributed by atoms with E-state index in [1.807, 2.05) is 25.4 Å². The maximum absolute atomic E-state index is 4.22. The van der Waals surface area contributed by atoms with Crippen molar-refractivity contribution in [3.05, 3.63) is 40.6 Å². The van der Waals surface area contributed by atoms with Gasteiger partial charge in [-0.3, -0.25) is 0 Å². The van der Waals surface area contributed by atoms with Gasteiger partial charge in [0.05, 0.1) is 11.3 Å². The van der Waals surface area contributed by atoms with Gasteiger partial charge in [-0.2, -0.15) is 4.57 Å². The lowest BCUT2D eigenvalue weighted by Gasteiger charge is -2.00. The number of hydrogen-bond donors (Lipinski definition) is 0. The largest absolute Gasteiger partial charge is 0.250 e. The van der Waals surface area contributed by atoms with Gasteiger partial charge in [-0.05, 0) is 12.1 Å². The molecule has 0 N–H and O–H groups in total. The smallest absolute Gasteiger partial charge is 0.245 e. The van der Waals surface area contributed by atoms with Crippen LogP contribution < -0.4 is 4.57 Å². The van der Waals surface area contributed by atoms with E-state index in [1.54, 1.807) is 12.5 Å². The lowest BCUT2D eigenvalue weighted by Crippen LogP contribution is -2.32. The van der Waals surface area contributed by atoms with Crippen LogP contribution in [0.2, 0.25) is 0 Å². The Hall–Kier alpha value is -1.04. The monoisotopic (exact) mass is 298 g/mol. The summed E-state index contributed by atoms with van der Waals surface area (Å²) in [5.41, 5.74) is 2.10. The number of aromatic nitrogens is 3. The zero-order chi connectivity index (χ0) is 9.97. The lowest BCUT2D eigenvalue weighted by molar-refractivity contribution is -0.683. The summed E-state index contributed by atoms with van der Waals surface area (Å²) in [6, 6.07) is 5.99. The summed E-state index contributed by atoms with van der Waals surface area (Å²) < 4.78 is 3.24. The molecule has 2 rings (SSSR count). The van der Waals surface area contributed by atoms with Crippen LogP contribution in [-0.4, -0.2) is 9.97 Å². The fourth-order valence-corrected chi connectivity index (χ4v) is 1.85. The lowest BCUT2D eigenvalue weighted by atomic mass is 10.2. The van der Waals surface area contributed by atoms with Gasteiger partial charge in [-0.25, -0.2) is 9.97 Å². The molecule has 0 saturated carbocycles. The normalized spacial score (nSPS) is 10.1. The standard InChI is InChI=1S/C10H9IN3/c1-14-6-2-3-8(10(14)11)9-4-5-12-7-13-9/h2-7H,1H3/q+1. The molecule has 0 amide bonds. The van der Waals surface area contributed by atoms with Gasteiger partial charge in [-0.1, -0.05) is 0 Å². The molecule has 2 aromatic rings. The highest BCUT2D eigenvalue weighted by Crippen LogP contribution is 2.18. The molecule has 0 fully saturated rings.